The minimum Gasteiger partial charge on any atom is -0.271 e. The summed E-state index contributed by atoms with van der Waals surface area (Å²) in [5.74, 6) is 0. The Bertz CT molecular complexity index is 728. The van der Waals surface area contributed by atoms with Crippen molar-refractivity contribution in [3.8, 4) is 0 Å². The van der Waals surface area contributed by atoms with E-state index < -0.39 is 10.2 Å². The van der Waals surface area contributed by atoms with Gasteiger partial charge in [-0.1, -0.05) is 24.3 Å². The molecule has 0 radical (unpaired) electrons. The van der Waals surface area contributed by atoms with Crippen LogP contribution < -0.4 is 0 Å². The lowest BCUT2D eigenvalue weighted by atomic mass is 10.0. The van der Waals surface area contributed by atoms with E-state index in [1.165, 1.54) is 9.87 Å². The second kappa shape index (κ2) is 6.20. The molecule has 118 valence electrons. The zero-order valence-electron chi connectivity index (χ0n) is 12.6. The molecule has 22 heavy (non-hydrogen) atoms. The second-order valence-electron chi connectivity index (χ2n) is 5.45. The Hall–Kier alpha value is -1.70. The number of benzene rings is 1. The molecule has 0 saturated heterocycles. The van der Waals surface area contributed by atoms with E-state index >= 15 is 0 Å². The van der Waals surface area contributed by atoms with Gasteiger partial charge in [-0.2, -0.15) is 22.1 Å². The molecule has 0 spiro atoms. The van der Waals surface area contributed by atoms with Gasteiger partial charge in [-0.25, -0.2) is 0 Å². The van der Waals surface area contributed by atoms with Gasteiger partial charge in [0.05, 0.1) is 6.54 Å². The molecule has 1 aliphatic heterocycles. The molecule has 1 aromatic carbocycles. The molecular weight excluding hydrogens is 300 g/mol. The predicted octanol–water partition coefficient (Wildman–Crippen LogP) is 1.12. The van der Waals surface area contributed by atoms with Crippen molar-refractivity contribution in [2.45, 2.75) is 19.5 Å². The van der Waals surface area contributed by atoms with Crippen molar-refractivity contribution in [2.24, 2.45) is 0 Å². The first-order chi connectivity index (χ1) is 10.6. The lowest BCUT2D eigenvalue weighted by Crippen LogP contribution is -2.45. The standard InChI is InChI=1S/C15H20N4O2S/c1-17(11-12-18-9-4-8-16-18)22(20,21)19-10-7-14-5-2-3-6-15(14)13-19/h2-6,8-9H,7,10-13H2,1H3. The molecular formula is C15H20N4O2S. The summed E-state index contributed by atoms with van der Waals surface area (Å²) < 4.78 is 30.0. The summed E-state index contributed by atoms with van der Waals surface area (Å²) in [6.45, 7) is 1.94. The Morgan fingerprint density at radius 1 is 1.23 bits per heavy atom. The van der Waals surface area contributed by atoms with Crippen LogP contribution in [0.1, 0.15) is 11.1 Å². The third-order valence-electron chi connectivity index (χ3n) is 4.02. The minimum absolute atomic E-state index is 0.405. The molecule has 0 aliphatic carbocycles. The molecule has 2 aromatic rings. The van der Waals surface area contributed by atoms with Crippen LogP contribution in [0, 0.1) is 0 Å². The topological polar surface area (TPSA) is 58.4 Å². The second-order valence-corrected chi connectivity index (χ2v) is 7.49. The maximum Gasteiger partial charge on any atom is 0.282 e. The smallest absolute Gasteiger partial charge is 0.271 e. The SMILES string of the molecule is CN(CCn1cccn1)S(=O)(=O)N1CCc2ccccc2C1. The minimum atomic E-state index is -3.43. The van der Waals surface area contributed by atoms with Crippen LogP contribution in [0.4, 0.5) is 0 Å². The van der Waals surface area contributed by atoms with Gasteiger partial charge in [0.1, 0.15) is 0 Å². The van der Waals surface area contributed by atoms with Gasteiger partial charge in [-0.3, -0.25) is 4.68 Å². The van der Waals surface area contributed by atoms with Gasteiger partial charge in [0.2, 0.25) is 0 Å². The van der Waals surface area contributed by atoms with E-state index in [1.807, 2.05) is 30.5 Å². The van der Waals surface area contributed by atoms with Gasteiger partial charge in [-0.15, -0.1) is 0 Å². The molecule has 0 amide bonds. The van der Waals surface area contributed by atoms with Crippen molar-refractivity contribution in [3.63, 3.8) is 0 Å². The Kier molecular flexibility index (Phi) is 4.28. The van der Waals surface area contributed by atoms with Crippen molar-refractivity contribution in [1.29, 1.82) is 0 Å². The van der Waals surface area contributed by atoms with E-state index in [4.69, 9.17) is 0 Å². The van der Waals surface area contributed by atoms with Gasteiger partial charge >= 0.3 is 0 Å². The Balaban J connectivity index is 1.68. The van der Waals surface area contributed by atoms with E-state index in [0.717, 1.165) is 12.0 Å². The van der Waals surface area contributed by atoms with Crippen LogP contribution in [0.3, 0.4) is 0 Å². The highest BCUT2D eigenvalue weighted by atomic mass is 32.2. The zero-order chi connectivity index (χ0) is 15.6. The number of rotatable bonds is 5. The van der Waals surface area contributed by atoms with Crippen molar-refractivity contribution in [1.82, 2.24) is 18.4 Å². The summed E-state index contributed by atoms with van der Waals surface area (Å²) in [6, 6.07) is 9.85. The molecule has 0 saturated carbocycles. The van der Waals surface area contributed by atoms with Crippen LogP contribution in [0.5, 0.6) is 0 Å². The van der Waals surface area contributed by atoms with E-state index in [9.17, 15) is 8.42 Å². The lowest BCUT2D eigenvalue weighted by Gasteiger charge is -2.31. The Morgan fingerprint density at radius 3 is 2.73 bits per heavy atom. The van der Waals surface area contributed by atoms with Crippen molar-refractivity contribution in [2.75, 3.05) is 20.1 Å². The maximum absolute atomic E-state index is 12.7. The number of hydrogen-bond donors (Lipinski definition) is 0. The first kappa shape index (κ1) is 15.2. The van der Waals surface area contributed by atoms with Crippen LogP contribution in [0.2, 0.25) is 0 Å². The molecule has 0 bridgehead atoms. The predicted molar refractivity (Wildman–Crippen MR) is 84.3 cm³/mol. The fraction of sp³-hybridized carbons (Fsp3) is 0.400. The Morgan fingerprint density at radius 2 is 2.00 bits per heavy atom. The molecule has 3 rings (SSSR count). The van der Waals surface area contributed by atoms with Crippen molar-refractivity contribution in [3.05, 3.63) is 53.9 Å². The van der Waals surface area contributed by atoms with Crippen LogP contribution in [-0.4, -0.2) is 46.9 Å². The molecule has 2 heterocycles. The Labute approximate surface area is 131 Å². The van der Waals surface area contributed by atoms with Crippen LogP contribution in [-0.2, 0) is 29.7 Å². The van der Waals surface area contributed by atoms with E-state index in [1.54, 1.807) is 22.2 Å². The van der Waals surface area contributed by atoms with E-state index in [-0.39, 0.29) is 0 Å². The van der Waals surface area contributed by atoms with E-state index in [0.29, 0.717) is 26.2 Å². The average Bonchev–Trinajstić information content (AvgIpc) is 3.05. The largest absolute Gasteiger partial charge is 0.282 e. The van der Waals surface area contributed by atoms with Crippen LogP contribution in [0.15, 0.2) is 42.7 Å². The third-order valence-corrected chi connectivity index (χ3v) is 5.95. The number of fused-ring (bicyclic) bond motifs is 1. The van der Waals surface area contributed by atoms with Gasteiger partial charge in [-0.05, 0) is 23.6 Å². The van der Waals surface area contributed by atoms with Gasteiger partial charge < -0.3 is 0 Å². The van der Waals surface area contributed by atoms with Gasteiger partial charge in [0.15, 0.2) is 0 Å². The summed E-state index contributed by atoms with van der Waals surface area (Å²) in [6.07, 6.45) is 4.29. The normalized spacial score (nSPS) is 15.9. The van der Waals surface area contributed by atoms with Crippen molar-refractivity contribution >= 4 is 10.2 Å². The molecule has 0 atom stereocenters. The molecule has 0 unspecified atom stereocenters. The lowest BCUT2D eigenvalue weighted by molar-refractivity contribution is 0.337. The number of nitrogens with zero attached hydrogens (tertiary/aromatic N) is 4. The summed E-state index contributed by atoms with van der Waals surface area (Å²) in [7, 11) is -1.81. The van der Waals surface area contributed by atoms with Crippen LogP contribution in [0.25, 0.3) is 0 Å². The molecule has 0 N–H and O–H groups in total. The fourth-order valence-corrected chi connectivity index (χ4v) is 3.99. The third kappa shape index (κ3) is 3.06. The fourth-order valence-electron chi connectivity index (χ4n) is 2.66. The average molecular weight is 320 g/mol. The molecule has 7 heteroatoms. The first-order valence-corrected chi connectivity index (χ1v) is 8.73. The zero-order valence-corrected chi connectivity index (χ0v) is 13.4. The van der Waals surface area contributed by atoms with Crippen LogP contribution >= 0.6 is 0 Å². The molecule has 6 nitrogen and oxygen atoms in total. The maximum atomic E-state index is 12.7. The quantitative estimate of drug-likeness (QED) is 0.829. The highest BCUT2D eigenvalue weighted by Crippen LogP contribution is 2.21. The summed E-state index contributed by atoms with van der Waals surface area (Å²) in [5.41, 5.74) is 2.34. The number of hydrogen-bond acceptors (Lipinski definition) is 3. The molecule has 1 aromatic heterocycles. The summed E-state index contributed by atoms with van der Waals surface area (Å²) in [5, 5.41) is 4.09. The van der Waals surface area contributed by atoms with Crippen molar-refractivity contribution < 1.29 is 8.42 Å². The number of aromatic nitrogens is 2. The monoisotopic (exact) mass is 320 g/mol. The highest BCUT2D eigenvalue weighted by Gasteiger charge is 2.29. The summed E-state index contributed by atoms with van der Waals surface area (Å²) in [4.78, 5) is 0. The van der Waals surface area contributed by atoms with Gasteiger partial charge in [0.25, 0.3) is 10.2 Å². The number of likely N-dealkylation sites (N-methyl/N-ethyl adjacent to an activating group) is 1. The first-order valence-electron chi connectivity index (χ1n) is 7.33. The highest BCUT2D eigenvalue weighted by molar-refractivity contribution is 7.86. The molecule has 1 aliphatic rings. The molecule has 0 fully saturated rings. The van der Waals surface area contributed by atoms with Gasteiger partial charge in [0, 0.05) is 39.1 Å². The summed E-state index contributed by atoms with van der Waals surface area (Å²) >= 11 is 0. The van der Waals surface area contributed by atoms with E-state index in [2.05, 4.69) is 11.2 Å².